The number of aryl methyl sites for hydroxylation is 2. The number of rotatable bonds is 3. The maximum atomic E-state index is 5.14. The Labute approximate surface area is 112 Å². The van der Waals surface area contributed by atoms with E-state index in [-0.39, 0.29) is 0 Å². The number of aromatic nitrogens is 2. The summed E-state index contributed by atoms with van der Waals surface area (Å²) in [6.07, 6.45) is 0.972. The number of benzene rings is 1. The lowest BCUT2D eigenvalue weighted by Gasteiger charge is -2.07. The van der Waals surface area contributed by atoms with Crippen molar-refractivity contribution in [1.82, 2.24) is 10.1 Å². The van der Waals surface area contributed by atoms with Crippen LogP contribution in [0, 0.1) is 13.8 Å². The summed E-state index contributed by atoms with van der Waals surface area (Å²) >= 11 is 0. The number of nitrogens with zero attached hydrogens (tertiary/aromatic N) is 1. The van der Waals surface area contributed by atoms with E-state index in [1.54, 1.807) is 0 Å². The molecule has 3 aromatic rings. The number of hydrogen-bond acceptors (Lipinski definition) is 2. The molecule has 2 aromatic heterocycles. The molecule has 1 atom stereocenters. The maximum absolute atomic E-state index is 5.14. The lowest BCUT2D eigenvalue weighted by Crippen LogP contribution is -1.98. The molecule has 19 heavy (non-hydrogen) atoms. The summed E-state index contributed by atoms with van der Waals surface area (Å²) in [5.74, 6) is 1.24. The first kappa shape index (κ1) is 12.0. The van der Waals surface area contributed by atoms with Gasteiger partial charge in [-0.1, -0.05) is 24.2 Å². The second-order valence-electron chi connectivity index (χ2n) is 5.34. The van der Waals surface area contributed by atoms with Gasteiger partial charge in [-0.3, -0.25) is 0 Å². The number of nitrogens with one attached hydrogen (secondary N) is 1. The molecule has 0 amide bonds. The Balaban J connectivity index is 1.84. The molecule has 0 saturated carbocycles. The average molecular weight is 254 g/mol. The summed E-state index contributed by atoms with van der Waals surface area (Å²) in [7, 11) is 0. The summed E-state index contributed by atoms with van der Waals surface area (Å²) in [4.78, 5) is 3.38. The maximum Gasteiger partial charge on any atom is 0.133 e. The van der Waals surface area contributed by atoms with Crippen molar-refractivity contribution in [2.45, 2.75) is 33.1 Å². The molecule has 98 valence electrons. The minimum Gasteiger partial charge on any atom is -0.361 e. The average Bonchev–Trinajstić information content (AvgIpc) is 2.93. The van der Waals surface area contributed by atoms with Crippen LogP contribution in [0.25, 0.3) is 10.9 Å². The van der Waals surface area contributed by atoms with Gasteiger partial charge >= 0.3 is 0 Å². The Bertz CT molecular complexity index is 708. The summed E-state index contributed by atoms with van der Waals surface area (Å²) < 4.78 is 5.14. The van der Waals surface area contributed by atoms with Gasteiger partial charge in [0.15, 0.2) is 0 Å². The van der Waals surface area contributed by atoms with Crippen LogP contribution in [0.1, 0.15) is 35.6 Å². The fourth-order valence-electron chi connectivity index (χ4n) is 2.52. The van der Waals surface area contributed by atoms with Gasteiger partial charge in [0, 0.05) is 23.2 Å². The van der Waals surface area contributed by atoms with E-state index < -0.39 is 0 Å². The van der Waals surface area contributed by atoms with Crippen LogP contribution < -0.4 is 0 Å². The zero-order chi connectivity index (χ0) is 13.4. The highest BCUT2D eigenvalue weighted by molar-refractivity contribution is 5.81. The van der Waals surface area contributed by atoms with E-state index >= 15 is 0 Å². The van der Waals surface area contributed by atoms with E-state index in [4.69, 9.17) is 4.52 Å². The van der Waals surface area contributed by atoms with Crippen molar-refractivity contribution in [3.63, 3.8) is 0 Å². The molecule has 0 radical (unpaired) electrons. The first-order chi connectivity index (χ1) is 9.11. The largest absolute Gasteiger partial charge is 0.361 e. The minimum atomic E-state index is 0.367. The SMILES string of the molecule is Cc1cc2ccc(CC(C)c3cc(C)on3)cc2[nH]1. The molecule has 0 spiro atoms. The van der Waals surface area contributed by atoms with Crippen molar-refractivity contribution >= 4 is 10.9 Å². The molecule has 0 aliphatic carbocycles. The van der Waals surface area contributed by atoms with Gasteiger partial charge in [-0.15, -0.1) is 0 Å². The molecule has 0 fully saturated rings. The summed E-state index contributed by atoms with van der Waals surface area (Å²) in [6, 6.07) is 10.8. The Kier molecular flexibility index (Phi) is 2.90. The number of aromatic amines is 1. The molecule has 0 bridgehead atoms. The number of H-pyrrole nitrogens is 1. The van der Waals surface area contributed by atoms with Crippen molar-refractivity contribution in [1.29, 1.82) is 0 Å². The molecule has 3 nitrogen and oxygen atoms in total. The lowest BCUT2D eigenvalue weighted by atomic mass is 9.97. The van der Waals surface area contributed by atoms with Gasteiger partial charge in [0.05, 0.1) is 5.69 Å². The van der Waals surface area contributed by atoms with Gasteiger partial charge in [0.25, 0.3) is 0 Å². The Morgan fingerprint density at radius 2 is 2.05 bits per heavy atom. The van der Waals surface area contributed by atoms with Crippen LogP contribution in [0.4, 0.5) is 0 Å². The highest BCUT2D eigenvalue weighted by atomic mass is 16.5. The number of fused-ring (bicyclic) bond motifs is 1. The van der Waals surface area contributed by atoms with Crippen LogP contribution in [0.15, 0.2) is 34.9 Å². The molecular formula is C16H18N2O. The molecule has 1 aromatic carbocycles. The molecule has 3 heteroatoms. The molecular weight excluding hydrogens is 236 g/mol. The normalized spacial score (nSPS) is 13.0. The topological polar surface area (TPSA) is 41.8 Å². The fraction of sp³-hybridized carbons (Fsp3) is 0.312. The van der Waals surface area contributed by atoms with Crippen molar-refractivity contribution in [3.05, 3.63) is 53.0 Å². The quantitative estimate of drug-likeness (QED) is 0.764. The summed E-state index contributed by atoms with van der Waals surface area (Å²) in [5.41, 5.74) is 4.76. The van der Waals surface area contributed by atoms with Crippen molar-refractivity contribution in [2.24, 2.45) is 0 Å². The number of hydrogen-bond donors (Lipinski definition) is 1. The van der Waals surface area contributed by atoms with Crippen molar-refractivity contribution < 1.29 is 4.52 Å². The monoisotopic (exact) mass is 254 g/mol. The first-order valence-corrected chi connectivity index (χ1v) is 6.63. The molecule has 0 saturated heterocycles. The van der Waals surface area contributed by atoms with Gasteiger partial charge < -0.3 is 9.51 Å². The molecule has 0 aliphatic rings. The van der Waals surface area contributed by atoms with Crippen LogP contribution in [-0.2, 0) is 6.42 Å². The van der Waals surface area contributed by atoms with Gasteiger partial charge in [-0.2, -0.15) is 0 Å². The molecule has 1 N–H and O–H groups in total. The Hall–Kier alpha value is -2.03. The van der Waals surface area contributed by atoms with Crippen LogP contribution in [-0.4, -0.2) is 10.1 Å². The van der Waals surface area contributed by atoms with Crippen molar-refractivity contribution in [3.8, 4) is 0 Å². The van der Waals surface area contributed by atoms with E-state index in [9.17, 15) is 0 Å². The summed E-state index contributed by atoms with van der Waals surface area (Å²) in [5, 5.41) is 5.37. The Morgan fingerprint density at radius 1 is 1.21 bits per heavy atom. The second kappa shape index (κ2) is 4.57. The lowest BCUT2D eigenvalue weighted by molar-refractivity contribution is 0.386. The molecule has 2 heterocycles. The van der Waals surface area contributed by atoms with Crippen LogP contribution in [0.5, 0.6) is 0 Å². The predicted molar refractivity (Wildman–Crippen MR) is 76.4 cm³/mol. The zero-order valence-corrected chi connectivity index (χ0v) is 11.5. The van der Waals surface area contributed by atoms with E-state index in [2.05, 4.69) is 48.3 Å². The Morgan fingerprint density at radius 3 is 2.79 bits per heavy atom. The van der Waals surface area contributed by atoms with Gasteiger partial charge in [-0.05, 0) is 43.4 Å². The van der Waals surface area contributed by atoms with E-state index in [1.165, 1.54) is 22.2 Å². The van der Waals surface area contributed by atoms with Crippen LogP contribution >= 0.6 is 0 Å². The zero-order valence-electron chi connectivity index (χ0n) is 11.5. The van der Waals surface area contributed by atoms with Crippen molar-refractivity contribution in [2.75, 3.05) is 0 Å². The standard InChI is InChI=1S/C16H18N2O/c1-10(15-8-12(3)19-18-15)6-13-4-5-14-7-11(2)17-16(14)9-13/h4-5,7-10,17H,6H2,1-3H3. The first-order valence-electron chi connectivity index (χ1n) is 6.63. The molecule has 0 aliphatic heterocycles. The second-order valence-corrected chi connectivity index (χ2v) is 5.34. The predicted octanol–water partition coefficient (Wildman–Crippen LogP) is 4.12. The fourth-order valence-corrected chi connectivity index (χ4v) is 2.52. The third-order valence-electron chi connectivity index (χ3n) is 3.51. The van der Waals surface area contributed by atoms with Crippen LogP contribution in [0.2, 0.25) is 0 Å². The van der Waals surface area contributed by atoms with E-state index in [1.807, 2.05) is 13.0 Å². The highest BCUT2D eigenvalue weighted by Crippen LogP contribution is 2.23. The van der Waals surface area contributed by atoms with Crippen LogP contribution in [0.3, 0.4) is 0 Å². The third-order valence-corrected chi connectivity index (χ3v) is 3.51. The van der Waals surface area contributed by atoms with Gasteiger partial charge in [0.1, 0.15) is 5.76 Å². The third kappa shape index (κ3) is 2.41. The molecule has 3 rings (SSSR count). The van der Waals surface area contributed by atoms with E-state index in [0.29, 0.717) is 5.92 Å². The van der Waals surface area contributed by atoms with Gasteiger partial charge in [0.2, 0.25) is 0 Å². The van der Waals surface area contributed by atoms with Gasteiger partial charge in [-0.25, -0.2) is 0 Å². The summed E-state index contributed by atoms with van der Waals surface area (Å²) in [6.45, 7) is 6.19. The molecule has 1 unspecified atom stereocenters. The minimum absolute atomic E-state index is 0.367. The smallest absolute Gasteiger partial charge is 0.133 e. The van der Waals surface area contributed by atoms with E-state index in [0.717, 1.165) is 17.9 Å². The highest BCUT2D eigenvalue weighted by Gasteiger charge is 2.11.